The highest BCUT2D eigenvalue weighted by atomic mass is 35.5. The molecule has 1 aromatic heterocycles. The molecule has 0 aliphatic rings. The molecule has 3 rings (SSSR count). The number of nitrogens with two attached hydrogens (primary N) is 1. The van der Waals surface area contributed by atoms with Gasteiger partial charge in [-0.05, 0) is 23.8 Å². The second kappa shape index (κ2) is 6.70. The summed E-state index contributed by atoms with van der Waals surface area (Å²) in [6, 6.07) is 9.55. The maximum atomic E-state index is 11.1. The number of anilines is 1. The number of carbonyl (C=O) groups is 1. The lowest BCUT2D eigenvalue weighted by molar-refractivity contribution is -0.384. The van der Waals surface area contributed by atoms with Gasteiger partial charge in [0, 0.05) is 23.6 Å². The van der Waals surface area contributed by atoms with E-state index in [2.05, 4.69) is 15.3 Å². The summed E-state index contributed by atoms with van der Waals surface area (Å²) in [5.74, 6) is -0.0470. The first kappa shape index (κ1) is 16.6. The summed E-state index contributed by atoms with van der Waals surface area (Å²) >= 11 is 5.90. The van der Waals surface area contributed by atoms with Crippen LogP contribution in [0.15, 0.2) is 42.7 Å². The van der Waals surface area contributed by atoms with Crippen molar-refractivity contribution in [3.05, 3.63) is 69.0 Å². The number of primary amides is 1. The number of amides is 1. The molecule has 3 aromatic rings. The van der Waals surface area contributed by atoms with Crippen LogP contribution in [0.5, 0.6) is 0 Å². The lowest BCUT2D eigenvalue weighted by Crippen LogP contribution is -2.11. The van der Waals surface area contributed by atoms with E-state index in [1.54, 1.807) is 24.3 Å². The number of aromatic nitrogens is 2. The van der Waals surface area contributed by atoms with Gasteiger partial charge < -0.3 is 11.1 Å². The molecular weight excluding hydrogens is 346 g/mol. The molecule has 0 spiro atoms. The van der Waals surface area contributed by atoms with Crippen LogP contribution in [-0.4, -0.2) is 20.8 Å². The van der Waals surface area contributed by atoms with Crippen molar-refractivity contribution < 1.29 is 9.72 Å². The number of hydrogen-bond acceptors (Lipinski definition) is 6. The predicted molar refractivity (Wildman–Crippen MR) is 93.5 cm³/mol. The molecule has 0 atom stereocenters. The first-order valence-corrected chi connectivity index (χ1v) is 7.55. The molecule has 1 heterocycles. The third-order valence-electron chi connectivity index (χ3n) is 3.60. The molecule has 0 aliphatic carbocycles. The highest BCUT2D eigenvalue weighted by Gasteiger charge is 2.16. The minimum atomic E-state index is -0.554. The van der Waals surface area contributed by atoms with Gasteiger partial charge in [-0.1, -0.05) is 23.7 Å². The second-order valence-corrected chi connectivity index (χ2v) is 5.62. The Hall–Kier alpha value is -3.26. The van der Waals surface area contributed by atoms with E-state index in [0.29, 0.717) is 28.8 Å². The smallest absolute Gasteiger partial charge is 0.288 e. The van der Waals surface area contributed by atoms with E-state index in [1.807, 2.05) is 0 Å². The van der Waals surface area contributed by atoms with E-state index in [-0.39, 0.29) is 10.7 Å². The maximum Gasteiger partial charge on any atom is 0.288 e. The van der Waals surface area contributed by atoms with E-state index in [4.69, 9.17) is 17.3 Å². The van der Waals surface area contributed by atoms with E-state index in [9.17, 15) is 14.9 Å². The third kappa shape index (κ3) is 3.48. The lowest BCUT2D eigenvalue weighted by Gasteiger charge is -2.09. The molecule has 126 valence electrons. The van der Waals surface area contributed by atoms with E-state index in [1.165, 1.54) is 18.5 Å². The second-order valence-electron chi connectivity index (χ2n) is 5.21. The number of hydrogen-bond donors (Lipinski definition) is 2. The average Bonchev–Trinajstić information content (AvgIpc) is 2.59. The van der Waals surface area contributed by atoms with Gasteiger partial charge in [0.05, 0.1) is 10.4 Å². The molecule has 0 bridgehead atoms. The van der Waals surface area contributed by atoms with Crippen LogP contribution in [0.2, 0.25) is 5.02 Å². The number of benzene rings is 2. The first-order valence-electron chi connectivity index (χ1n) is 7.17. The minimum Gasteiger partial charge on any atom is -0.366 e. The number of nitro groups is 1. The van der Waals surface area contributed by atoms with E-state index < -0.39 is 10.8 Å². The van der Waals surface area contributed by atoms with Crippen LogP contribution in [-0.2, 0) is 6.54 Å². The Morgan fingerprint density at radius 2 is 1.96 bits per heavy atom. The molecule has 0 saturated carbocycles. The monoisotopic (exact) mass is 357 g/mol. The van der Waals surface area contributed by atoms with Gasteiger partial charge in [0.25, 0.3) is 5.69 Å². The number of fused-ring (bicyclic) bond motifs is 1. The summed E-state index contributed by atoms with van der Waals surface area (Å²) in [7, 11) is 0. The Labute approximate surface area is 146 Å². The van der Waals surface area contributed by atoms with Gasteiger partial charge in [0.1, 0.15) is 17.2 Å². The molecule has 0 unspecified atom stereocenters. The van der Waals surface area contributed by atoms with Crippen molar-refractivity contribution in [1.29, 1.82) is 0 Å². The van der Waals surface area contributed by atoms with Gasteiger partial charge in [-0.15, -0.1) is 0 Å². The molecular formula is C16H12ClN5O3. The summed E-state index contributed by atoms with van der Waals surface area (Å²) in [6.07, 6.45) is 1.35. The molecule has 25 heavy (non-hydrogen) atoms. The van der Waals surface area contributed by atoms with Gasteiger partial charge in [-0.2, -0.15) is 0 Å². The van der Waals surface area contributed by atoms with Crippen LogP contribution in [0.25, 0.3) is 10.9 Å². The van der Waals surface area contributed by atoms with Crippen molar-refractivity contribution in [3.63, 3.8) is 0 Å². The van der Waals surface area contributed by atoms with Crippen LogP contribution < -0.4 is 11.1 Å². The number of halogens is 1. The van der Waals surface area contributed by atoms with Crippen LogP contribution in [0.1, 0.15) is 15.9 Å². The maximum absolute atomic E-state index is 11.1. The standard InChI is InChI=1S/C16H12ClN5O3/c17-12-6-13-11(5-14(12)22(24)25)16(21-8-20-13)19-7-9-1-3-10(4-2-9)15(18)23/h1-6,8H,7H2,(H2,18,23)(H,19,20,21). The fourth-order valence-electron chi connectivity index (χ4n) is 2.32. The normalized spacial score (nSPS) is 10.6. The van der Waals surface area contributed by atoms with Crippen molar-refractivity contribution in [1.82, 2.24) is 9.97 Å². The largest absolute Gasteiger partial charge is 0.366 e. The quantitative estimate of drug-likeness (QED) is 0.534. The number of rotatable bonds is 5. The summed E-state index contributed by atoms with van der Waals surface area (Å²) in [6.45, 7) is 0.404. The van der Waals surface area contributed by atoms with Crippen molar-refractivity contribution in [2.24, 2.45) is 5.73 Å². The minimum absolute atomic E-state index is 0.0178. The van der Waals surface area contributed by atoms with Crippen LogP contribution in [0, 0.1) is 10.1 Å². The van der Waals surface area contributed by atoms with Crippen LogP contribution in [0.3, 0.4) is 0 Å². The molecule has 8 nitrogen and oxygen atoms in total. The Morgan fingerprint density at radius 3 is 2.60 bits per heavy atom. The zero-order valence-electron chi connectivity index (χ0n) is 12.8. The Morgan fingerprint density at radius 1 is 1.24 bits per heavy atom. The first-order chi connectivity index (χ1) is 12.0. The number of nitrogens with one attached hydrogen (secondary N) is 1. The highest BCUT2D eigenvalue weighted by molar-refractivity contribution is 6.33. The summed E-state index contributed by atoms with van der Waals surface area (Å²) < 4.78 is 0. The number of nitro benzene ring substituents is 1. The summed E-state index contributed by atoms with van der Waals surface area (Å²) in [5, 5.41) is 14.7. The van der Waals surface area contributed by atoms with E-state index in [0.717, 1.165) is 5.56 Å². The molecule has 0 aliphatic heterocycles. The molecule has 0 saturated heterocycles. The van der Waals surface area contributed by atoms with Gasteiger partial charge in [0.15, 0.2) is 0 Å². The van der Waals surface area contributed by atoms with Crippen molar-refractivity contribution in [2.45, 2.75) is 6.54 Å². The summed E-state index contributed by atoms with van der Waals surface area (Å²) in [4.78, 5) is 29.8. The van der Waals surface area contributed by atoms with Crippen LogP contribution >= 0.6 is 11.6 Å². The van der Waals surface area contributed by atoms with Gasteiger partial charge in [-0.3, -0.25) is 14.9 Å². The Kier molecular flexibility index (Phi) is 4.44. The highest BCUT2D eigenvalue weighted by Crippen LogP contribution is 2.31. The fraction of sp³-hybridized carbons (Fsp3) is 0.0625. The third-order valence-corrected chi connectivity index (χ3v) is 3.90. The Balaban J connectivity index is 1.89. The fourth-order valence-corrected chi connectivity index (χ4v) is 2.55. The summed E-state index contributed by atoms with van der Waals surface area (Å²) in [5.41, 5.74) is 6.80. The van der Waals surface area contributed by atoms with Gasteiger partial charge >= 0.3 is 0 Å². The van der Waals surface area contributed by atoms with Crippen molar-refractivity contribution in [3.8, 4) is 0 Å². The molecule has 3 N–H and O–H groups in total. The van der Waals surface area contributed by atoms with E-state index >= 15 is 0 Å². The van der Waals surface area contributed by atoms with Crippen molar-refractivity contribution in [2.75, 3.05) is 5.32 Å². The topological polar surface area (TPSA) is 124 Å². The van der Waals surface area contributed by atoms with Gasteiger partial charge in [0.2, 0.25) is 5.91 Å². The molecule has 2 aromatic carbocycles. The number of carbonyl (C=O) groups excluding carboxylic acids is 1. The van der Waals surface area contributed by atoms with Crippen LogP contribution in [0.4, 0.5) is 11.5 Å². The molecule has 0 radical (unpaired) electrons. The molecule has 9 heteroatoms. The lowest BCUT2D eigenvalue weighted by atomic mass is 10.1. The van der Waals surface area contributed by atoms with Crippen molar-refractivity contribution >= 4 is 39.9 Å². The molecule has 0 fully saturated rings. The molecule has 1 amide bonds. The zero-order chi connectivity index (χ0) is 18.0. The van der Waals surface area contributed by atoms with Gasteiger partial charge in [-0.25, -0.2) is 9.97 Å². The average molecular weight is 358 g/mol. The Bertz CT molecular complexity index is 975. The zero-order valence-corrected chi connectivity index (χ0v) is 13.5. The predicted octanol–water partition coefficient (Wildman–Crippen LogP) is 2.90. The SMILES string of the molecule is NC(=O)c1ccc(CNc2ncnc3cc(Cl)c([N+](=O)[O-])cc23)cc1. The number of nitrogens with zero attached hydrogens (tertiary/aromatic N) is 3.